The van der Waals surface area contributed by atoms with Crippen molar-refractivity contribution in [2.24, 2.45) is 0 Å². The second-order valence-corrected chi connectivity index (χ2v) is 9.26. The van der Waals surface area contributed by atoms with Crippen molar-refractivity contribution in [3.63, 3.8) is 0 Å². The number of hydrogen-bond donors (Lipinski definition) is 1. The van der Waals surface area contributed by atoms with E-state index in [0.29, 0.717) is 30.3 Å². The molecule has 0 atom stereocenters. The second kappa shape index (κ2) is 8.07. The summed E-state index contributed by atoms with van der Waals surface area (Å²) in [5, 5.41) is 2.85. The molecular formula is C17H21N3O3S2. The normalized spacial score (nSPS) is 15.4. The number of rotatable bonds is 7. The quantitative estimate of drug-likeness (QED) is 0.796. The first-order valence-corrected chi connectivity index (χ1v) is 10.6. The van der Waals surface area contributed by atoms with E-state index < -0.39 is 10.0 Å². The van der Waals surface area contributed by atoms with Crippen molar-refractivity contribution < 1.29 is 13.2 Å². The molecule has 1 aliphatic heterocycles. The summed E-state index contributed by atoms with van der Waals surface area (Å²) in [6.07, 6.45) is 4.42. The first-order valence-electron chi connectivity index (χ1n) is 8.31. The maximum Gasteiger partial charge on any atom is 0.252 e. The van der Waals surface area contributed by atoms with Crippen molar-refractivity contribution in [2.45, 2.75) is 29.9 Å². The predicted molar refractivity (Wildman–Crippen MR) is 97.0 cm³/mol. The van der Waals surface area contributed by atoms with Gasteiger partial charge in [0.1, 0.15) is 4.21 Å². The first kappa shape index (κ1) is 18.0. The molecule has 0 aromatic carbocycles. The van der Waals surface area contributed by atoms with E-state index >= 15 is 0 Å². The molecule has 3 heterocycles. The van der Waals surface area contributed by atoms with Gasteiger partial charge in [-0.25, -0.2) is 8.42 Å². The fourth-order valence-corrected chi connectivity index (χ4v) is 5.77. The predicted octanol–water partition coefficient (Wildman–Crippen LogP) is 1.83. The molecule has 0 spiro atoms. The van der Waals surface area contributed by atoms with E-state index in [4.69, 9.17) is 0 Å². The van der Waals surface area contributed by atoms with E-state index in [2.05, 4.69) is 10.3 Å². The van der Waals surface area contributed by atoms with E-state index in [9.17, 15) is 13.2 Å². The zero-order chi connectivity index (χ0) is 17.7. The number of sulfonamides is 1. The number of pyridine rings is 1. The van der Waals surface area contributed by atoms with Crippen LogP contribution in [0.5, 0.6) is 0 Å². The van der Waals surface area contributed by atoms with Crippen molar-refractivity contribution in [3.05, 3.63) is 47.1 Å². The molecule has 0 radical (unpaired) electrons. The molecule has 1 saturated heterocycles. The van der Waals surface area contributed by atoms with Crippen molar-refractivity contribution in [1.82, 2.24) is 14.6 Å². The van der Waals surface area contributed by atoms with Gasteiger partial charge in [0.2, 0.25) is 5.91 Å². The highest BCUT2D eigenvalue weighted by atomic mass is 32.2. The highest BCUT2D eigenvalue weighted by Crippen LogP contribution is 2.27. The Balaban J connectivity index is 1.51. The van der Waals surface area contributed by atoms with E-state index in [1.165, 1.54) is 15.6 Å². The minimum Gasteiger partial charge on any atom is -0.355 e. The number of thiophene rings is 1. The van der Waals surface area contributed by atoms with Gasteiger partial charge in [-0.2, -0.15) is 4.31 Å². The molecule has 3 rings (SSSR count). The van der Waals surface area contributed by atoms with Crippen LogP contribution in [0.15, 0.2) is 40.7 Å². The van der Waals surface area contributed by atoms with Gasteiger partial charge in [-0.05, 0) is 37.1 Å². The second-order valence-electron chi connectivity index (χ2n) is 5.93. The zero-order valence-electron chi connectivity index (χ0n) is 13.8. The first-order chi connectivity index (χ1) is 12.1. The molecule has 0 saturated carbocycles. The highest BCUT2D eigenvalue weighted by molar-refractivity contribution is 7.91. The summed E-state index contributed by atoms with van der Waals surface area (Å²) in [4.78, 5) is 17.0. The van der Waals surface area contributed by atoms with Gasteiger partial charge in [0.15, 0.2) is 0 Å². The van der Waals surface area contributed by atoms with Gasteiger partial charge in [0.25, 0.3) is 10.0 Å². The van der Waals surface area contributed by atoms with Crippen LogP contribution in [-0.2, 0) is 27.7 Å². The zero-order valence-corrected chi connectivity index (χ0v) is 15.5. The Morgan fingerprint density at radius 1 is 1.20 bits per heavy atom. The lowest BCUT2D eigenvalue weighted by atomic mass is 10.2. The monoisotopic (exact) mass is 379 g/mol. The van der Waals surface area contributed by atoms with Crippen LogP contribution in [0.3, 0.4) is 0 Å². The van der Waals surface area contributed by atoms with Gasteiger partial charge in [-0.1, -0.05) is 6.07 Å². The number of amides is 1. The smallest absolute Gasteiger partial charge is 0.252 e. The molecule has 1 fully saturated rings. The molecule has 1 N–H and O–H groups in total. The number of aromatic nitrogens is 1. The van der Waals surface area contributed by atoms with Crippen molar-refractivity contribution in [1.29, 1.82) is 0 Å². The van der Waals surface area contributed by atoms with Crippen molar-refractivity contribution in [2.75, 3.05) is 19.6 Å². The lowest BCUT2D eigenvalue weighted by molar-refractivity contribution is -0.120. The maximum absolute atomic E-state index is 12.5. The summed E-state index contributed by atoms with van der Waals surface area (Å²) in [6.45, 7) is 1.69. The Kier molecular flexibility index (Phi) is 5.82. The van der Waals surface area contributed by atoms with Crippen LogP contribution < -0.4 is 5.32 Å². The lowest BCUT2D eigenvalue weighted by Gasteiger charge is -2.13. The van der Waals surface area contributed by atoms with Gasteiger partial charge in [-0.3, -0.25) is 9.78 Å². The molecule has 0 unspecified atom stereocenters. The number of nitrogens with zero attached hydrogens (tertiary/aromatic N) is 2. The van der Waals surface area contributed by atoms with Crippen LogP contribution in [0, 0.1) is 0 Å². The SMILES string of the molecule is O=C(Cc1ccc(S(=O)(=O)N2CCCC2)s1)NCCc1ccccn1. The molecule has 25 heavy (non-hydrogen) atoms. The molecule has 134 valence electrons. The molecule has 0 bridgehead atoms. The minimum absolute atomic E-state index is 0.108. The fourth-order valence-electron chi connectivity index (χ4n) is 2.74. The number of carbonyl (C=O) groups excluding carboxylic acids is 1. The average Bonchev–Trinajstić information content (AvgIpc) is 3.28. The van der Waals surface area contributed by atoms with Crippen LogP contribution in [0.1, 0.15) is 23.4 Å². The Bertz CT molecular complexity index is 813. The Labute approximate surface area is 151 Å². The summed E-state index contributed by atoms with van der Waals surface area (Å²) in [6, 6.07) is 9.02. The lowest BCUT2D eigenvalue weighted by Crippen LogP contribution is -2.27. The average molecular weight is 380 g/mol. The van der Waals surface area contributed by atoms with Gasteiger partial charge in [0, 0.05) is 42.8 Å². The molecule has 6 nitrogen and oxygen atoms in total. The van der Waals surface area contributed by atoms with Gasteiger partial charge in [0.05, 0.1) is 6.42 Å². The summed E-state index contributed by atoms with van der Waals surface area (Å²) in [7, 11) is -3.39. The summed E-state index contributed by atoms with van der Waals surface area (Å²) in [5.74, 6) is -0.108. The van der Waals surface area contributed by atoms with E-state index in [-0.39, 0.29) is 12.3 Å². The van der Waals surface area contributed by atoms with Crippen LogP contribution in [-0.4, -0.2) is 43.2 Å². The van der Waals surface area contributed by atoms with Gasteiger partial charge < -0.3 is 5.32 Å². The summed E-state index contributed by atoms with van der Waals surface area (Å²) >= 11 is 1.18. The van der Waals surface area contributed by atoms with E-state index in [1.54, 1.807) is 18.3 Å². The van der Waals surface area contributed by atoms with Gasteiger partial charge in [-0.15, -0.1) is 11.3 Å². The maximum atomic E-state index is 12.5. The summed E-state index contributed by atoms with van der Waals surface area (Å²) in [5.41, 5.74) is 0.929. The standard InChI is InChI=1S/C17H21N3O3S2/c21-16(19-10-8-14-5-1-2-9-18-14)13-15-6-7-17(24-15)25(22,23)20-11-3-4-12-20/h1-2,5-7,9H,3-4,8,10-13H2,(H,19,21). The van der Waals surface area contributed by atoms with Gasteiger partial charge >= 0.3 is 0 Å². The Morgan fingerprint density at radius 2 is 2.00 bits per heavy atom. The van der Waals surface area contributed by atoms with E-state index in [0.717, 1.165) is 23.4 Å². The largest absolute Gasteiger partial charge is 0.355 e. The molecule has 0 aliphatic carbocycles. The Hall–Kier alpha value is -1.77. The number of nitrogens with one attached hydrogen (secondary N) is 1. The van der Waals surface area contributed by atoms with Crippen LogP contribution in [0.2, 0.25) is 0 Å². The third-order valence-electron chi connectivity index (χ3n) is 4.06. The number of carbonyl (C=O) groups is 1. The number of hydrogen-bond acceptors (Lipinski definition) is 5. The third kappa shape index (κ3) is 4.65. The van der Waals surface area contributed by atoms with E-state index in [1.807, 2.05) is 18.2 Å². The van der Waals surface area contributed by atoms with Crippen LogP contribution >= 0.6 is 11.3 Å². The van der Waals surface area contributed by atoms with Crippen molar-refractivity contribution in [3.8, 4) is 0 Å². The molecule has 1 amide bonds. The molecule has 8 heteroatoms. The molecule has 1 aliphatic rings. The van der Waals surface area contributed by atoms with Crippen LogP contribution in [0.25, 0.3) is 0 Å². The highest BCUT2D eigenvalue weighted by Gasteiger charge is 2.28. The van der Waals surface area contributed by atoms with Crippen LogP contribution in [0.4, 0.5) is 0 Å². The molecule has 2 aromatic rings. The molecular weight excluding hydrogens is 358 g/mol. The minimum atomic E-state index is -3.39. The Morgan fingerprint density at radius 3 is 2.72 bits per heavy atom. The topological polar surface area (TPSA) is 79.4 Å². The third-order valence-corrected chi connectivity index (χ3v) is 7.51. The molecule has 2 aromatic heterocycles. The van der Waals surface area contributed by atoms with Crippen molar-refractivity contribution >= 4 is 27.3 Å². The summed E-state index contributed by atoms with van der Waals surface area (Å²) < 4.78 is 26.8. The fraction of sp³-hybridized carbons (Fsp3) is 0.412.